The van der Waals surface area contributed by atoms with Crippen LogP contribution in [0.1, 0.15) is 5.56 Å². The van der Waals surface area contributed by atoms with Gasteiger partial charge in [-0.05, 0) is 36.5 Å². The molecule has 1 N–H and O–H groups in total. The highest BCUT2D eigenvalue weighted by molar-refractivity contribution is 7.71. The summed E-state index contributed by atoms with van der Waals surface area (Å²) in [4.78, 5) is 0. The molecule has 0 spiro atoms. The third-order valence-corrected chi connectivity index (χ3v) is 4.76. The van der Waals surface area contributed by atoms with Crippen LogP contribution in [0.3, 0.4) is 0 Å². The molecule has 0 unspecified atom stereocenters. The molecule has 4 nitrogen and oxygen atoms in total. The monoisotopic (exact) mass is 416 g/mol. The zero-order chi connectivity index (χ0) is 17.3. The van der Waals surface area contributed by atoms with Gasteiger partial charge in [-0.15, -0.1) is 0 Å². The standard InChI is InChI=1S/C15H8Cl4N4S/c16-9-4-5-10(12(18)6-9)14-21-22-15(24)23(14)20-7-8-2-1-3-11(17)13(8)19/h1-7H,(H,22,24)/b20-7-. The minimum atomic E-state index is 0.311. The van der Waals surface area contributed by atoms with Crippen molar-refractivity contribution in [3.8, 4) is 11.4 Å². The molecular weight excluding hydrogens is 410 g/mol. The second-order valence-corrected chi connectivity index (χ2v) is 6.69. The number of aromatic nitrogens is 3. The molecule has 1 aromatic heterocycles. The van der Waals surface area contributed by atoms with Gasteiger partial charge in [0.2, 0.25) is 4.77 Å². The number of H-pyrrole nitrogens is 1. The van der Waals surface area contributed by atoms with Gasteiger partial charge in [0.15, 0.2) is 5.82 Å². The van der Waals surface area contributed by atoms with E-state index in [-0.39, 0.29) is 0 Å². The number of hydrogen-bond donors (Lipinski definition) is 1. The van der Waals surface area contributed by atoms with Crippen LogP contribution in [0.5, 0.6) is 0 Å². The first-order chi connectivity index (χ1) is 11.5. The number of benzene rings is 2. The number of hydrogen-bond acceptors (Lipinski definition) is 3. The summed E-state index contributed by atoms with van der Waals surface area (Å²) in [5, 5.41) is 13.0. The van der Waals surface area contributed by atoms with Gasteiger partial charge in [-0.1, -0.05) is 58.5 Å². The second-order valence-electron chi connectivity index (χ2n) is 4.68. The summed E-state index contributed by atoms with van der Waals surface area (Å²) in [6.45, 7) is 0. The first-order valence-electron chi connectivity index (χ1n) is 6.58. The minimum Gasteiger partial charge on any atom is -0.250 e. The predicted octanol–water partition coefficient (Wildman–Crippen LogP) is 6.10. The van der Waals surface area contributed by atoms with E-state index in [2.05, 4.69) is 15.3 Å². The fraction of sp³-hybridized carbons (Fsp3) is 0. The van der Waals surface area contributed by atoms with Crippen molar-refractivity contribution in [3.63, 3.8) is 0 Å². The van der Waals surface area contributed by atoms with Crippen LogP contribution < -0.4 is 0 Å². The van der Waals surface area contributed by atoms with Gasteiger partial charge in [0.1, 0.15) is 0 Å². The van der Waals surface area contributed by atoms with Gasteiger partial charge in [0.05, 0.1) is 21.3 Å². The maximum absolute atomic E-state index is 6.23. The molecule has 0 aliphatic rings. The number of aromatic amines is 1. The average Bonchev–Trinajstić information content (AvgIpc) is 2.90. The molecule has 0 saturated carbocycles. The maximum atomic E-state index is 6.23. The molecule has 0 saturated heterocycles. The average molecular weight is 418 g/mol. The summed E-state index contributed by atoms with van der Waals surface area (Å²) in [7, 11) is 0. The van der Waals surface area contributed by atoms with Crippen molar-refractivity contribution in [2.45, 2.75) is 0 Å². The van der Waals surface area contributed by atoms with Crippen molar-refractivity contribution < 1.29 is 0 Å². The first kappa shape index (κ1) is 17.5. The second kappa shape index (κ2) is 7.25. The smallest absolute Gasteiger partial charge is 0.216 e. The highest BCUT2D eigenvalue weighted by atomic mass is 35.5. The van der Waals surface area contributed by atoms with E-state index in [1.807, 2.05) is 0 Å². The highest BCUT2D eigenvalue weighted by Gasteiger charge is 2.12. The normalized spacial score (nSPS) is 11.3. The van der Waals surface area contributed by atoms with Crippen LogP contribution in [0.25, 0.3) is 11.4 Å². The van der Waals surface area contributed by atoms with Crippen LogP contribution >= 0.6 is 58.6 Å². The van der Waals surface area contributed by atoms with Crippen LogP contribution in [-0.2, 0) is 0 Å². The van der Waals surface area contributed by atoms with Crippen molar-refractivity contribution in [3.05, 3.63) is 66.8 Å². The number of nitrogens with one attached hydrogen (secondary N) is 1. The summed E-state index contributed by atoms with van der Waals surface area (Å²) in [5.41, 5.74) is 1.29. The molecule has 122 valence electrons. The van der Waals surface area contributed by atoms with Gasteiger partial charge < -0.3 is 0 Å². The SMILES string of the molecule is S=c1[nH]nc(-c2ccc(Cl)cc2Cl)n1/N=C\c1cccc(Cl)c1Cl. The molecule has 0 fully saturated rings. The Kier molecular flexibility index (Phi) is 5.27. The van der Waals surface area contributed by atoms with Crippen molar-refractivity contribution in [1.29, 1.82) is 0 Å². The number of rotatable bonds is 3. The Balaban J connectivity index is 2.07. The van der Waals surface area contributed by atoms with Crippen LogP contribution in [0, 0.1) is 4.77 Å². The van der Waals surface area contributed by atoms with Gasteiger partial charge in [0, 0.05) is 16.1 Å². The lowest BCUT2D eigenvalue weighted by Crippen LogP contribution is -1.96. The Hall–Kier alpha value is -1.37. The Labute approximate surface area is 162 Å². The van der Waals surface area contributed by atoms with Crippen molar-refractivity contribution in [2.24, 2.45) is 5.10 Å². The Morgan fingerprint density at radius 1 is 1.08 bits per heavy atom. The maximum Gasteiger partial charge on any atom is 0.216 e. The summed E-state index contributed by atoms with van der Waals surface area (Å²) < 4.78 is 1.76. The van der Waals surface area contributed by atoms with Gasteiger partial charge in [-0.3, -0.25) is 0 Å². The molecule has 3 aromatic rings. The molecule has 2 aromatic carbocycles. The Bertz CT molecular complexity index is 993. The molecule has 0 radical (unpaired) electrons. The zero-order valence-corrected chi connectivity index (χ0v) is 15.6. The lowest BCUT2D eigenvalue weighted by Gasteiger charge is -2.04. The molecule has 0 aliphatic heterocycles. The predicted molar refractivity (Wildman–Crippen MR) is 102 cm³/mol. The van der Waals surface area contributed by atoms with E-state index in [1.54, 1.807) is 42.6 Å². The zero-order valence-electron chi connectivity index (χ0n) is 11.8. The summed E-state index contributed by atoms with van der Waals surface area (Å²) >= 11 is 29.5. The fourth-order valence-corrected chi connectivity index (χ4v) is 3.01. The summed E-state index contributed by atoms with van der Waals surface area (Å²) in [5.74, 6) is 0.455. The molecule has 0 amide bonds. The summed E-state index contributed by atoms with van der Waals surface area (Å²) in [6, 6.07) is 10.3. The van der Waals surface area contributed by atoms with Crippen LogP contribution in [-0.4, -0.2) is 21.1 Å². The van der Waals surface area contributed by atoms with Gasteiger partial charge in [-0.25, -0.2) is 5.10 Å². The van der Waals surface area contributed by atoms with E-state index in [4.69, 9.17) is 58.6 Å². The highest BCUT2D eigenvalue weighted by Crippen LogP contribution is 2.29. The van der Waals surface area contributed by atoms with Crippen LogP contribution in [0.4, 0.5) is 0 Å². The Morgan fingerprint density at radius 2 is 1.88 bits per heavy atom. The Morgan fingerprint density at radius 3 is 2.62 bits per heavy atom. The van der Waals surface area contributed by atoms with Gasteiger partial charge in [0.25, 0.3) is 0 Å². The molecule has 3 rings (SSSR count). The molecule has 0 aliphatic carbocycles. The van der Waals surface area contributed by atoms with Crippen molar-refractivity contribution in [1.82, 2.24) is 14.9 Å². The van der Waals surface area contributed by atoms with E-state index in [0.29, 0.717) is 41.8 Å². The summed E-state index contributed by atoms with van der Waals surface area (Å²) in [6.07, 6.45) is 1.55. The number of nitrogens with zero attached hydrogens (tertiary/aromatic N) is 3. The van der Waals surface area contributed by atoms with Crippen LogP contribution in [0.2, 0.25) is 20.1 Å². The van der Waals surface area contributed by atoms with Crippen molar-refractivity contribution >= 4 is 64.8 Å². The van der Waals surface area contributed by atoms with E-state index in [1.165, 1.54) is 4.68 Å². The van der Waals surface area contributed by atoms with E-state index >= 15 is 0 Å². The lowest BCUT2D eigenvalue weighted by atomic mass is 10.2. The third kappa shape index (κ3) is 3.50. The van der Waals surface area contributed by atoms with E-state index < -0.39 is 0 Å². The topological polar surface area (TPSA) is 46.0 Å². The number of halogens is 4. The van der Waals surface area contributed by atoms with Gasteiger partial charge >= 0.3 is 0 Å². The molecular formula is C15H8Cl4N4S. The molecule has 1 heterocycles. The third-order valence-electron chi connectivity index (χ3n) is 3.12. The largest absolute Gasteiger partial charge is 0.250 e. The molecule has 0 atom stereocenters. The molecule has 9 heteroatoms. The van der Waals surface area contributed by atoms with Crippen molar-refractivity contribution in [2.75, 3.05) is 0 Å². The van der Waals surface area contributed by atoms with E-state index in [0.717, 1.165) is 0 Å². The van der Waals surface area contributed by atoms with Crippen LogP contribution in [0.15, 0.2) is 41.5 Å². The fourth-order valence-electron chi connectivity index (χ4n) is 1.98. The van der Waals surface area contributed by atoms with Gasteiger partial charge in [-0.2, -0.15) is 14.9 Å². The quantitative estimate of drug-likeness (QED) is 0.413. The molecule has 24 heavy (non-hydrogen) atoms. The van der Waals surface area contributed by atoms with E-state index in [9.17, 15) is 0 Å². The minimum absolute atomic E-state index is 0.311. The first-order valence-corrected chi connectivity index (χ1v) is 8.50. The lowest BCUT2D eigenvalue weighted by molar-refractivity contribution is 0.871. The molecule has 0 bridgehead atoms.